The zero-order chi connectivity index (χ0) is 13.0. The highest BCUT2D eigenvalue weighted by Crippen LogP contribution is 2.21. The van der Waals surface area contributed by atoms with Gasteiger partial charge in [-0.05, 0) is 43.5 Å². The Hall–Kier alpha value is -1.38. The minimum Gasteiger partial charge on any atom is -0.336 e. The van der Waals surface area contributed by atoms with Gasteiger partial charge in [-0.15, -0.1) is 0 Å². The number of hydrogen-bond donors (Lipinski definition) is 0. The van der Waals surface area contributed by atoms with Crippen molar-refractivity contribution in [2.75, 3.05) is 6.54 Å². The largest absolute Gasteiger partial charge is 0.336 e. The molecule has 2 nitrogen and oxygen atoms in total. The van der Waals surface area contributed by atoms with E-state index in [-0.39, 0.29) is 11.7 Å². The molecule has 1 heterocycles. The van der Waals surface area contributed by atoms with Crippen LogP contribution < -0.4 is 0 Å². The molecule has 0 radical (unpaired) electrons. The molecular formula is C15H20FNO. The van der Waals surface area contributed by atoms with Crippen LogP contribution >= 0.6 is 0 Å². The highest BCUT2D eigenvalue weighted by atomic mass is 19.1. The van der Waals surface area contributed by atoms with Crippen LogP contribution in [0, 0.1) is 5.82 Å². The van der Waals surface area contributed by atoms with Crippen LogP contribution in [0.2, 0.25) is 0 Å². The Morgan fingerprint density at radius 2 is 2.00 bits per heavy atom. The number of amides is 1. The summed E-state index contributed by atoms with van der Waals surface area (Å²) in [5.41, 5.74) is 0.594. The van der Waals surface area contributed by atoms with Crippen LogP contribution in [0.5, 0.6) is 0 Å². The van der Waals surface area contributed by atoms with E-state index in [0.29, 0.717) is 11.6 Å². The fourth-order valence-corrected chi connectivity index (χ4v) is 2.63. The molecule has 0 saturated carbocycles. The maximum Gasteiger partial charge on any atom is 0.254 e. The second kappa shape index (κ2) is 5.98. The Kier molecular flexibility index (Phi) is 4.34. The van der Waals surface area contributed by atoms with Crippen molar-refractivity contribution in [1.29, 1.82) is 0 Å². The van der Waals surface area contributed by atoms with Crippen LogP contribution in [0.15, 0.2) is 24.3 Å². The zero-order valence-corrected chi connectivity index (χ0v) is 10.9. The van der Waals surface area contributed by atoms with E-state index in [9.17, 15) is 9.18 Å². The van der Waals surface area contributed by atoms with Crippen LogP contribution in [0.3, 0.4) is 0 Å². The predicted molar refractivity (Wildman–Crippen MR) is 70.0 cm³/mol. The number of benzene rings is 1. The molecule has 0 spiro atoms. The summed E-state index contributed by atoms with van der Waals surface area (Å²) in [4.78, 5) is 14.4. The fraction of sp³-hybridized carbons (Fsp3) is 0.533. The molecule has 0 N–H and O–H groups in total. The monoisotopic (exact) mass is 249 g/mol. The molecule has 3 heteroatoms. The lowest BCUT2D eigenvalue weighted by molar-refractivity contribution is 0.0678. The normalized spacial score (nSPS) is 20.6. The van der Waals surface area contributed by atoms with Gasteiger partial charge in [-0.3, -0.25) is 4.79 Å². The number of likely N-dealkylation sites (tertiary alicyclic amines) is 1. The first-order valence-electron chi connectivity index (χ1n) is 6.79. The third-order valence-electron chi connectivity index (χ3n) is 3.70. The van der Waals surface area contributed by atoms with E-state index in [0.717, 1.165) is 25.8 Å². The van der Waals surface area contributed by atoms with Crippen LogP contribution in [-0.2, 0) is 0 Å². The number of rotatable bonds is 2. The van der Waals surface area contributed by atoms with Gasteiger partial charge in [0.05, 0.1) is 0 Å². The second-order valence-electron chi connectivity index (χ2n) is 4.92. The van der Waals surface area contributed by atoms with Crippen molar-refractivity contribution < 1.29 is 9.18 Å². The van der Waals surface area contributed by atoms with Gasteiger partial charge in [-0.2, -0.15) is 0 Å². The molecule has 1 atom stereocenters. The number of nitrogens with zero attached hydrogens (tertiary/aromatic N) is 1. The summed E-state index contributed by atoms with van der Waals surface area (Å²) in [5.74, 6) is -0.252. The van der Waals surface area contributed by atoms with Crippen LogP contribution in [0.4, 0.5) is 4.39 Å². The molecular weight excluding hydrogens is 229 g/mol. The molecule has 0 aliphatic carbocycles. The molecule has 98 valence electrons. The smallest absolute Gasteiger partial charge is 0.254 e. The molecule has 1 fully saturated rings. The molecule has 0 bridgehead atoms. The lowest BCUT2D eigenvalue weighted by Gasteiger charge is -2.29. The highest BCUT2D eigenvalue weighted by Gasteiger charge is 2.24. The zero-order valence-electron chi connectivity index (χ0n) is 10.9. The maximum absolute atomic E-state index is 12.9. The van der Waals surface area contributed by atoms with Crippen molar-refractivity contribution in [3.63, 3.8) is 0 Å². The quantitative estimate of drug-likeness (QED) is 0.784. The van der Waals surface area contributed by atoms with Gasteiger partial charge in [0.2, 0.25) is 0 Å². The molecule has 1 amide bonds. The predicted octanol–water partition coefficient (Wildman–Crippen LogP) is 3.62. The van der Waals surface area contributed by atoms with Crippen molar-refractivity contribution in [2.24, 2.45) is 0 Å². The average Bonchev–Trinajstić information content (AvgIpc) is 2.63. The van der Waals surface area contributed by atoms with Crippen molar-refractivity contribution in [3.8, 4) is 0 Å². The van der Waals surface area contributed by atoms with E-state index < -0.39 is 0 Å². The van der Waals surface area contributed by atoms with Crippen LogP contribution in [-0.4, -0.2) is 23.4 Å². The van der Waals surface area contributed by atoms with E-state index >= 15 is 0 Å². The fourth-order valence-electron chi connectivity index (χ4n) is 2.63. The Labute approximate surface area is 108 Å². The Morgan fingerprint density at radius 3 is 2.67 bits per heavy atom. The molecule has 18 heavy (non-hydrogen) atoms. The summed E-state index contributed by atoms with van der Waals surface area (Å²) in [6.45, 7) is 2.95. The Bertz CT molecular complexity index is 401. The summed E-state index contributed by atoms with van der Waals surface area (Å²) < 4.78 is 12.9. The molecule has 1 aliphatic heterocycles. The van der Waals surface area contributed by atoms with Gasteiger partial charge in [0.25, 0.3) is 5.91 Å². The van der Waals surface area contributed by atoms with Crippen molar-refractivity contribution >= 4 is 5.91 Å². The van der Waals surface area contributed by atoms with E-state index in [2.05, 4.69) is 6.92 Å². The van der Waals surface area contributed by atoms with Crippen molar-refractivity contribution in [2.45, 2.75) is 45.1 Å². The Morgan fingerprint density at radius 1 is 1.28 bits per heavy atom. The van der Waals surface area contributed by atoms with Crippen LogP contribution in [0.25, 0.3) is 0 Å². The molecule has 1 aliphatic rings. The summed E-state index contributed by atoms with van der Waals surface area (Å²) in [5, 5.41) is 0. The number of hydrogen-bond acceptors (Lipinski definition) is 1. The van der Waals surface area contributed by atoms with E-state index in [1.807, 2.05) is 4.90 Å². The lowest BCUT2D eigenvalue weighted by Crippen LogP contribution is -2.39. The molecule has 1 aromatic carbocycles. The van der Waals surface area contributed by atoms with E-state index in [1.54, 1.807) is 12.1 Å². The number of carbonyl (C=O) groups excluding carboxylic acids is 1. The van der Waals surface area contributed by atoms with E-state index in [4.69, 9.17) is 0 Å². The summed E-state index contributed by atoms with van der Waals surface area (Å²) in [6.07, 6.45) is 5.55. The molecule has 1 aromatic rings. The minimum absolute atomic E-state index is 0.0451. The van der Waals surface area contributed by atoms with Gasteiger partial charge in [0.1, 0.15) is 5.82 Å². The Balaban J connectivity index is 2.17. The molecule has 1 unspecified atom stereocenters. The number of halogens is 1. The SMILES string of the molecule is CCC1CCCCCN1C(=O)c1ccc(F)cc1. The van der Waals surface area contributed by atoms with Gasteiger partial charge < -0.3 is 4.90 Å². The standard InChI is InChI=1S/C15H20FNO/c1-2-14-6-4-3-5-11-17(14)15(18)12-7-9-13(16)10-8-12/h7-10,14H,2-6,11H2,1H3. The van der Waals surface area contributed by atoms with Gasteiger partial charge in [-0.1, -0.05) is 19.8 Å². The van der Waals surface area contributed by atoms with Crippen molar-refractivity contribution in [3.05, 3.63) is 35.6 Å². The third-order valence-corrected chi connectivity index (χ3v) is 3.70. The topological polar surface area (TPSA) is 20.3 Å². The van der Waals surface area contributed by atoms with Gasteiger partial charge >= 0.3 is 0 Å². The summed E-state index contributed by atoms with van der Waals surface area (Å²) >= 11 is 0. The average molecular weight is 249 g/mol. The first kappa shape index (κ1) is 13.1. The molecule has 1 saturated heterocycles. The first-order valence-corrected chi connectivity index (χ1v) is 6.79. The molecule has 0 aromatic heterocycles. The first-order chi connectivity index (χ1) is 8.72. The number of carbonyl (C=O) groups is 1. The molecule has 2 rings (SSSR count). The van der Waals surface area contributed by atoms with Gasteiger partial charge in [-0.25, -0.2) is 4.39 Å². The van der Waals surface area contributed by atoms with E-state index in [1.165, 1.54) is 25.0 Å². The maximum atomic E-state index is 12.9. The third kappa shape index (κ3) is 2.89. The summed E-state index contributed by atoms with van der Waals surface area (Å²) in [6, 6.07) is 6.20. The lowest BCUT2D eigenvalue weighted by atomic mass is 10.1. The van der Waals surface area contributed by atoms with Gasteiger partial charge in [0.15, 0.2) is 0 Å². The minimum atomic E-state index is -0.297. The van der Waals surface area contributed by atoms with Gasteiger partial charge in [0, 0.05) is 18.2 Å². The summed E-state index contributed by atoms with van der Waals surface area (Å²) in [7, 11) is 0. The second-order valence-corrected chi connectivity index (χ2v) is 4.92. The van der Waals surface area contributed by atoms with Crippen molar-refractivity contribution in [1.82, 2.24) is 4.90 Å². The highest BCUT2D eigenvalue weighted by molar-refractivity contribution is 5.94. The van der Waals surface area contributed by atoms with Crippen LogP contribution in [0.1, 0.15) is 49.4 Å².